The van der Waals surface area contributed by atoms with Gasteiger partial charge in [-0.2, -0.15) is 0 Å². The first kappa shape index (κ1) is 26.2. The van der Waals surface area contributed by atoms with Gasteiger partial charge in [0.1, 0.15) is 42.2 Å². The topological polar surface area (TPSA) is 97.6 Å². The average Bonchev–Trinajstić information content (AvgIpc) is 2.82. The molecule has 0 saturated carbocycles. The van der Waals surface area contributed by atoms with Gasteiger partial charge in [0.25, 0.3) is 0 Å². The molecule has 5 atom stereocenters. The van der Waals surface area contributed by atoms with E-state index >= 15 is 0 Å². The zero-order chi connectivity index (χ0) is 23.8. The van der Waals surface area contributed by atoms with Crippen LogP contribution >= 0.6 is 23.4 Å². The lowest BCUT2D eigenvalue weighted by molar-refractivity contribution is -0.200. The lowest BCUT2D eigenvalue weighted by Gasteiger charge is -2.40. The fraction of sp³-hybridized carbons (Fsp3) is 0.500. The molecule has 1 saturated heterocycles. The Hall–Kier alpha value is -1.36. The standard InChI is InChI=1S/C24H31ClO7S/c1-29-9-10-30-11-12-31-18-6-3-15(4-7-18)13-17-14-16(5-8-19(17)25)23-21(27)20(26)22(28)24(32-23)33-2/h3-8,14,20-24,26-28H,9-13H2,1-2H3/t20-,21-,22+,23+,24-/m1/s1. The molecule has 0 bridgehead atoms. The molecule has 9 heteroatoms. The molecule has 0 amide bonds. The van der Waals surface area contributed by atoms with Crippen LogP contribution in [0.25, 0.3) is 0 Å². The van der Waals surface area contributed by atoms with Crippen molar-refractivity contribution in [3.05, 3.63) is 64.2 Å². The van der Waals surface area contributed by atoms with Crippen LogP contribution in [0, 0.1) is 0 Å². The molecule has 0 aromatic heterocycles. The molecule has 2 aromatic carbocycles. The summed E-state index contributed by atoms with van der Waals surface area (Å²) >= 11 is 7.72. The summed E-state index contributed by atoms with van der Waals surface area (Å²) in [5, 5.41) is 31.4. The highest BCUT2D eigenvalue weighted by molar-refractivity contribution is 7.99. The third kappa shape index (κ3) is 7.07. The van der Waals surface area contributed by atoms with Gasteiger partial charge >= 0.3 is 0 Å². The van der Waals surface area contributed by atoms with E-state index < -0.39 is 29.9 Å². The third-order valence-electron chi connectivity index (χ3n) is 5.45. The van der Waals surface area contributed by atoms with Gasteiger partial charge < -0.3 is 34.3 Å². The van der Waals surface area contributed by atoms with Crippen LogP contribution in [0.1, 0.15) is 22.8 Å². The maximum atomic E-state index is 10.5. The molecular formula is C24H31ClO7S. The molecule has 0 unspecified atom stereocenters. The highest BCUT2D eigenvalue weighted by atomic mass is 35.5. The predicted molar refractivity (Wildman–Crippen MR) is 128 cm³/mol. The van der Waals surface area contributed by atoms with E-state index in [1.54, 1.807) is 25.5 Å². The molecule has 2 aromatic rings. The van der Waals surface area contributed by atoms with Crippen molar-refractivity contribution in [2.75, 3.05) is 39.8 Å². The number of hydrogen-bond acceptors (Lipinski definition) is 8. The average molecular weight is 499 g/mol. The zero-order valence-electron chi connectivity index (χ0n) is 18.7. The normalized spacial score (nSPS) is 25.2. The summed E-state index contributed by atoms with van der Waals surface area (Å²) in [7, 11) is 1.63. The highest BCUT2D eigenvalue weighted by Crippen LogP contribution is 2.37. The van der Waals surface area contributed by atoms with Crippen molar-refractivity contribution in [2.45, 2.75) is 36.3 Å². The Labute approximate surface area is 203 Å². The lowest BCUT2D eigenvalue weighted by Crippen LogP contribution is -2.52. The number of ether oxygens (including phenoxy) is 4. The van der Waals surface area contributed by atoms with Crippen LogP contribution < -0.4 is 4.74 Å². The van der Waals surface area contributed by atoms with Gasteiger partial charge in [-0.3, -0.25) is 0 Å². The molecule has 0 aliphatic carbocycles. The van der Waals surface area contributed by atoms with Crippen LogP contribution in [0.3, 0.4) is 0 Å². The molecule has 0 spiro atoms. The summed E-state index contributed by atoms with van der Waals surface area (Å²) in [6, 6.07) is 13.1. The van der Waals surface area contributed by atoms with Crippen LogP contribution in [-0.4, -0.2) is 78.9 Å². The number of thioether (sulfide) groups is 1. The van der Waals surface area contributed by atoms with E-state index in [0.717, 1.165) is 16.9 Å². The Kier molecular flexibility index (Phi) is 10.3. The van der Waals surface area contributed by atoms with Gasteiger partial charge in [0.2, 0.25) is 0 Å². The number of hydrogen-bond donors (Lipinski definition) is 3. The third-order valence-corrected chi connectivity index (χ3v) is 6.67. The molecular weight excluding hydrogens is 468 g/mol. The number of aliphatic hydroxyl groups is 3. The summed E-state index contributed by atoms with van der Waals surface area (Å²) in [4.78, 5) is 0. The second-order valence-electron chi connectivity index (χ2n) is 7.76. The van der Waals surface area contributed by atoms with E-state index in [1.807, 2.05) is 30.3 Å². The van der Waals surface area contributed by atoms with Crippen molar-refractivity contribution in [2.24, 2.45) is 0 Å². The van der Waals surface area contributed by atoms with Crippen molar-refractivity contribution in [3.8, 4) is 5.75 Å². The van der Waals surface area contributed by atoms with Gasteiger partial charge in [-0.15, -0.1) is 11.8 Å². The Morgan fingerprint density at radius 1 is 0.939 bits per heavy atom. The highest BCUT2D eigenvalue weighted by Gasteiger charge is 2.44. The minimum absolute atomic E-state index is 0.457. The summed E-state index contributed by atoms with van der Waals surface area (Å²) in [6.45, 7) is 2.05. The van der Waals surface area contributed by atoms with Crippen LogP contribution in [0.15, 0.2) is 42.5 Å². The first-order chi connectivity index (χ1) is 15.9. The van der Waals surface area contributed by atoms with Gasteiger partial charge in [-0.1, -0.05) is 35.9 Å². The maximum absolute atomic E-state index is 10.5. The summed E-state index contributed by atoms with van der Waals surface area (Å²) in [5.41, 5.74) is 1.97. The minimum atomic E-state index is -1.29. The van der Waals surface area contributed by atoms with Crippen molar-refractivity contribution in [1.29, 1.82) is 0 Å². The molecule has 1 heterocycles. The first-order valence-corrected chi connectivity index (χ1v) is 12.4. The molecule has 33 heavy (non-hydrogen) atoms. The molecule has 182 valence electrons. The molecule has 7 nitrogen and oxygen atoms in total. The second-order valence-corrected chi connectivity index (χ2v) is 9.10. The maximum Gasteiger partial charge on any atom is 0.132 e. The van der Waals surface area contributed by atoms with Crippen LogP contribution in [0.5, 0.6) is 5.75 Å². The van der Waals surface area contributed by atoms with Gasteiger partial charge in [-0.25, -0.2) is 0 Å². The quantitative estimate of drug-likeness (QED) is 0.407. The van der Waals surface area contributed by atoms with Gasteiger partial charge in [-0.05, 0) is 47.6 Å². The van der Waals surface area contributed by atoms with Crippen LogP contribution in [0.2, 0.25) is 5.02 Å². The van der Waals surface area contributed by atoms with Crippen molar-refractivity contribution >= 4 is 23.4 Å². The molecule has 1 aliphatic rings. The van der Waals surface area contributed by atoms with Crippen LogP contribution in [-0.2, 0) is 20.6 Å². The Morgan fingerprint density at radius 2 is 1.67 bits per heavy atom. The van der Waals surface area contributed by atoms with E-state index in [0.29, 0.717) is 43.4 Å². The fourth-order valence-electron chi connectivity index (χ4n) is 3.61. The zero-order valence-corrected chi connectivity index (χ0v) is 20.3. The number of aliphatic hydroxyl groups excluding tert-OH is 3. The van der Waals surface area contributed by atoms with E-state index in [2.05, 4.69) is 0 Å². The minimum Gasteiger partial charge on any atom is -0.491 e. The summed E-state index contributed by atoms with van der Waals surface area (Å²) < 4.78 is 21.9. The molecule has 3 N–H and O–H groups in total. The monoisotopic (exact) mass is 498 g/mol. The molecule has 0 radical (unpaired) electrons. The number of halogens is 1. The van der Waals surface area contributed by atoms with Crippen molar-refractivity contribution < 1.29 is 34.3 Å². The van der Waals surface area contributed by atoms with E-state index in [-0.39, 0.29) is 0 Å². The Morgan fingerprint density at radius 3 is 2.36 bits per heavy atom. The van der Waals surface area contributed by atoms with Gasteiger partial charge in [0.05, 0.1) is 19.8 Å². The number of rotatable bonds is 11. The van der Waals surface area contributed by atoms with Gasteiger partial charge in [0.15, 0.2) is 0 Å². The van der Waals surface area contributed by atoms with E-state index in [9.17, 15) is 15.3 Å². The lowest BCUT2D eigenvalue weighted by atomic mass is 9.92. The van der Waals surface area contributed by atoms with E-state index in [4.69, 9.17) is 30.5 Å². The Balaban J connectivity index is 1.63. The smallest absolute Gasteiger partial charge is 0.132 e. The number of benzene rings is 2. The van der Waals surface area contributed by atoms with E-state index in [1.165, 1.54) is 11.8 Å². The fourth-order valence-corrected chi connectivity index (χ4v) is 4.47. The van der Waals surface area contributed by atoms with Gasteiger partial charge in [0, 0.05) is 12.1 Å². The summed E-state index contributed by atoms with van der Waals surface area (Å²) in [6.07, 6.45) is -2.10. The molecule has 1 aliphatic heterocycles. The number of methoxy groups -OCH3 is 1. The second kappa shape index (κ2) is 12.9. The SMILES string of the molecule is COCCOCCOc1ccc(Cc2cc([C@@H]3O[C@H](SC)[C@@H](O)[C@H](O)[C@H]3O)ccc2Cl)cc1. The predicted octanol–water partition coefficient (Wildman–Crippen LogP) is 2.82. The largest absolute Gasteiger partial charge is 0.491 e. The van der Waals surface area contributed by atoms with Crippen LogP contribution in [0.4, 0.5) is 0 Å². The van der Waals surface area contributed by atoms with Crippen molar-refractivity contribution in [1.82, 2.24) is 0 Å². The summed E-state index contributed by atoms with van der Waals surface area (Å²) in [5.74, 6) is 0.753. The van der Waals surface area contributed by atoms with Crippen molar-refractivity contribution in [3.63, 3.8) is 0 Å². The Bertz CT molecular complexity index is 864. The molecule has 1 fully saturated rings. The molecule has 3 rings (SSSR count). The first-order valence-electron chi connectivity index (χ1n) is 10.7.